The SMILES string of the molecule is CCOC(=O)c1c2nc(c(C(=O)OCC)c1C1CCCCC1)CN[C@@H]1CCCC[C@H]1NCCNC1CCCCC1NC2. The first-order chi connectivity index (χ1) is 20.6. The molecule has 42 heavy (non-hydrogen) atoms. The van der Waals surface area contributed by atoms with Crippen molar-refractivity contribution in [3.05, 3.63) is 28.1 Å². The number of esters is 2. The zero-order valence-corrected chi connectivity index (χ0v) is 25.9. The number of aromatic nitrogens is 1. The van der Waals surface area contributed by atoms with Crippen LogP contribution in [0.3, 0.4) is 0 Å². The molecule has 1 aromatic rings. The Morgan fingerprint density at radius 3 is 1.45 bits per heavy atom. The molecule has 2 heterocycles. The van der Waals surface area contributed by atoms with E-state index in [9.17, 15) is 9.59 Å². The van der Waals surface area contributed by atoms with Gasteiger partial charge in [-0.25, -0.2) is 9.59 Å². The van der Waals surface area contributed by atoms with Crippen LogP contribution < -0.4 is 21.3 Å². The molecule has 0 amide bonds. The quantitative estimate of drug-likeness (QED) is 0.373. The lowest BCUT2D eigenvalue weighted by molar-refractivity contribution is 0.0517. The first kappa shape index (κ1) is 31.4. The molecule has 5 rings (SSSR count). The molecular weight excluding hydrogens is 530 g/mol. The average Bonchev–Trinajstić information content (AvgIpc) is 3.02. The van der Waals surface area contributed by atoms with Gasteiger partial charge in [-0.15, -0.1) is 0 Å². The molecule has 9 heteroatoms. The van der Waals surface area contributed by atoms with Crippen molar-refractivity contribution in [2.45, 2.75) is 140 Å². The Balaban J connectivity index is 1.63. The van der Waals surface area contributed by atoms with Gasteiger partial charge in [0.25, 0.3) is 0 Å². The lowest BCUT2D eigenvalue weighted by atomic mass is 9.79. The second-order valence-corrected chi connectivity index (χ2v) is 12.6. The fourth-order valence-corrected chi connectivity index (χ4v) is 7.84. The summed E-state index contributed by atoms with van der Waals surface area (Å²) in [5, 5.41) is 15.3. The molecule has 3 fully saturated rings. The van der Waals surface area contributed by atoms with Crippen LogP contribution in [0.1, 0.15) is 141 Å². The number of ether oxygens (including phenoxy) is 2. The highest BCUT2D eigenvalue weighted by molar-refractivity contribution is 6.00. The van der Waals surface area contributed by atoms with E-state index in [1.54, 1.807) is 0 Å². The van der Waals surface area contributed by atoms with Crippen molar-refractivity contribution in [2.24, 2.45) is 0 Å². The van der Waals surface area contributed by atoms with E-state index < -0.39 is 0 Å². The fraction of sp³-hybridized carbons (Fsp3) is 0.788. The molecule has 234 valence electrons. The number of nitrogens with one attached hydrogen (secondary N) is 4. The van der Waals surface area contributed by atoms with Gasteiger partial charge < -0.3 is 30.7 Å². The second kappa shape index (κ2) is 15.6. The topological polar surface area (TPSA) is 114 Å². The zero-order chi connectivity index (χ0) is 29.3. The van der Waals surface area contributed by atoms with Crippen molar-refractivity contribution in [3.8, 4) is 0 Å². The molecule has 4 N–H and O–H groups in total. The van der Waals surface area contributed by atoms with Crippen LogP contribution >= 0.6 is 0 Å². The monoisotopic (exact) mass is 583 g/mol. The number of pyridine rings is 1. The number of carbonyl (C=O) groups is 2. The van der Waals surface area contributed by atoms with E-state index in [0.717, 1.165) is 70.0 Å². The predicted molar refractivity (Wildman–Crippen MR) is 164 cm³/mol. The molecular formula is C33H53N5O4. The molecule has 3 saturated carbocycles. The zero-order valence-electron chi connectivity index (χ0n) is 25.9. The molecule has 3 aliphatic carbocycles. The highest BCUT2D eigenvalue weighted by Gasteiger charge is 2.35. The summed E-state index contributed by atoms with van der Waals surface area (Å²) in [5.74, 6) is -0.645. The minimum Gasteiger partial charge on any atom is -0.462 e. The van der Waals surface area contributed by atoms with Crippen LogP contribution in [0.2, 0.25) is 0 Å². The van der Waals surface area contributed by atoms with Gasteiger partial charge in [0, 0.05) is 50.3 Å². The molecule has 0 aromatic carbocycles. The number of hydrogen-bond donors (Lipinski definition) is 4. The van der Waals surface area contributed by atoms with Crippen molar-refractivity contribution in [1.82, 2.24) is 26.3 Å². The van der Waals surface area contributed by atoms with E-state index in [-0.39, 0.29) is 31.1 Å². The van der Waals surface area contributed by atoms with Gasteiger partial charge in [-0.1, -0.05) is 44.9 Å². The highest BCUT2D eigenvalue weighted by Crippen LogP contribution is 2.39. The third-order valence-electron chi connectivity index (χ3n) is 9.89. The molecule has 1 aliphatic heterocycles. The van der Waals surface area contributed by atoms with Crippen molar-refractivity contribution >= 4 is 11.9 Å². The van der Waals surface area contributed by atoms with E-state index in [2.05, 4.69) is 21.3 Å². The van der Waals surface area contributed by atoms with E-state index >= 15 is 0 Å². The smallest absolute Gasteiger partial charge is 0.340 e. The van der Waals surface area contributed by atoms with Crippen LogP contribution in [0.25, 0.3) is 0 Å². The van der Waals surface area contributed by atoms with Crippen LogP contribution in [0, 0.1) is 0 Å². The molecule has 0 saturated heterocycles. The maximum atomic E-state index is 13.8. The van der Waals surface area contributed by atoms with Gasteiger partial charge in [0.05, 0.1) is 35.7 Å². The van der Waals surface area contributed by atoms with Gasteiger partial charge in [0.15, 0.2) is 0 Å². The Bertz CT molecular complexity index is 989. The number of carbonyl (C=O) groups excluding carboxylic acids is 2. The fourth-order valence-electron chi connectivity index (χ4n) is 7.84. The van der Waals surface area contributed by atoms with E-state index in [4.69, 9.17) is 14.5 Å². The van der Waals surface area contributed by atoms with Crippen molar-refractivity contribution in [3.63, 3.8) is 0 Å². The van der Waals surface area contributed by atoms with E-state index in [1.807, 2.05) is 13.8 Å². The van der Waals surface area contributed by atoms with Gasteiger partial charge in [-0.05, 0) is 63.9 Å². The number of fused-ring (bicyclic) bond motifs is 4. The van der Waals surface area contributed by atoms with Gasteiger partial charge in [0.1, 0.15) is 0 Å². The van der Waals surface area contributed by atoms with Crippen molar-refractivity contribution in [2.75, 3.05) is 26.3 Å². The summed E-state index contributed by atoms with van der Waals surface area (Å²) in [5.41, 5.74) is 3.21. The van der Waals surface area contributed by atoms with Crippen LogP contribution in [0.15, 0.2) is 0 Å². The Labute approximate surface area is 252 Å². The molecule has 0 radical (unpaired) electrons. The summed E-state index contributed by atoms with van der Waals surface area (Å²) < 4.78 is 11.3. The standard InChI is InChI=1S/C33H53N5O4/c1-3-41-32(39)30-27-20-36-25-16-10-8-14-23(25)34-18-19-35-24-15-9-11-17-26(24)37-21-28(38-27)31(33(40)42-4-2)29(30)22-12-6-5-7-13-22/h22-26,34-37H,3-21H2,1-2H3/t23-,24?,25-,26?/m1/s1. The minimum absolute atomic E-state index is 0.105. The maximum absolute atomic E-state index is 13.8. The average molecular weight is 584 g/mol. The van der Waals surface area contributed by atoms with Gasteiger partial charge >= 0.3 is 11.9 Å². The van der Waals surface area contributed by atoms with Crippen molar-refractivity contribution < 1.29 is 19.1 Å². The van der Waals surface area contributed by atoms with Gasteiger partial charge in [-0.3, -0.25) is 4.98 Å². The summed E-state index contributed by atoms with van der Waals surface area (Å²) in [4.78, 5) is 32.7. The third-order valence-corrected chi connectivity index (χ3v) is 9.89. The third kappa shape index (κ3) is 7.52. The lowest BCUT2D eigenvalue weighted by Gasteiger charge is -2.34. The van der Waals surface area contributed by atoms with Gasteiger partial charge in [0.2, 0.25) is 0 Å². The summed E-state index contributed by atoms with van der Waals surface area (Å²) in [7, 11) is 0. The number of rotatable bonds is 5. The van der Waals surface area contributed by atoms with Gasteiger partial charge in [-0.2, -0.15) is 0 Å². The predicted octanol–water partition coefficient (Wildman–Crippen LogP) is 4.48. The second-order valence-electron chi connectivity index (χ2n) is 12.6. The molecule has 1 aromatic heterocycles. The highest BCUT2D eigenvalue weighted by atomic mass is 16.5. The van der Waals surface area contributed by atoms with Crippen LogP contribution in [0.4, 0.5) is 0 Å². The number of hydrogen-bond acceptors (Lipinski definition) is 9. The Kier molecular flexibility index (Phi) is 11.6. The van der Waals surface area contributed by atoms with E-state index in [0.29, 0.717) is 59.8 Å². The summed E-state index contributed by atoms with van der Waals surface area (Å²) in [6, 6.07) is 1.36. The molecule has 4 atom stereocenters. The summed E-state index contributed by atoms with van der Waals surface area (Å²) in [6.07, 6.45) is 14.6. The van der Waals surface area contributed by atoms with Crippen LogP contribution in [0.5, 0.6) is 0 Å². The first-order valence-corrected chi connectivity index (χ1v) is 16.9. The first-order valence-electron chi connectivity index (χ1n) is 16.9. The normalized spacial score (nSPS) is 28.0. The largest absolute Gasteiger partial charge is 0.462 e. The lowest BCUT2D eigenvalue weighted by Crippen LogP contribution is -2.53. The molecule has 9 nitrogen and oxygen atoms in total. The molecule has 0 spiro atoms. The molecule has 2 unspecified atom stereocenters. The summed E-state index contributed by atoms with van der Waals surface area (Å²) >= 11 is 0. The van der Waals surface area contributed by atoms with Crippen LogP contribution in [-0.4, -0.2) is 67.4 Å². The van der Waals surface area contributed by atoms with E-state index in [1.165, 1.54) is 32.1 Å². The van der Waals surface area contributed by atoms with Crippen LogP contribution in [-0.2, 0) is 22.6 Å². The van der Waals surface area contributed by atoms with Crippen molar-refractivity contribution in [1.29, 1.82) is 0 Å². The summed E-state index contributed by atoms with van der Waals surface area (Å²) in [6.45, 7) is 7.03. The molecule has 4 aliphatic rings. The maximum Gasteiger partial charge on any atom is 0.340 e. The minimum atomic E-state index is -0.375. The Morgan fingerprint density at radius 1 is 0.619 bits per heavy atom. The molecule has 2 bridgehead atoms. The Hall–Kier alpha value is -2.07. The number of nitrogens with zero attached hydrogens (tertiary/aromatic N) is 1. The Morgan fingerprint density at radius 2 is 1.02 bits per heavy atom.